The fourth-order valence-corrected chi connectivity index (χ4v) is 0.345. The number of hydrogen-bond acceptors (Lipinski definition) is 4. The largest absolute Gasteiger partial charge is 0.445 e. The van der Waals surface area contributed by atoms with Crippen molar-refractivity contribution in [3.05, 3.63) is 12.7 Å². The molecule has 0 saturated carbocycles. The molecule has 0 radical (unpaired) electrons. The molecule has 78 valence electrons. The lowest BCUT2D eigenvalue weighted by molar-refractivity contribution is -0.117. The van der Waals surface area contributed by atoms with Gasteiger partial charge in [0.05, 0.1) is 12.6 Å². The number of nitrogens with zero attached hydrogens (tertiary/aromatic N) is 1. The van der Waals surface area contributed by atoms with E-state index in [1.165, 1.54) is 13.0 Å². The molecule has 6 heteroatoms. The van der Waals surface area contributed by atoms with Crippen molar-refractivity contribution in [1.29, 1.82) is 5.26 Å². The maximum absolute atomic E-state index is 10.5. The van der Waals surface area contributed by atoms with Crippen molar-refractivity contribution in [1.82, 2.24) is 5.32 Å². The summed E-state index contributed by atoms with van der Waals surface area (Å²) in [4.78, 5) is 20.6. The topological polar surface area (TPSA) is 105 Å². The smallest absolute Gasteiger partial charge is 0.407 e. The predicted molar refractivity (Wildman–Crippen MR) is 50.0 cm³/mol. The SMILES string of the molecule is C=CCOC(=O)NCC(N)=O.CC#N. The lowest BCUT2D eigenvalue weighted by Gasteiger charge is -2.01. The van der Waals surface area contributed by atoms with Gasteiger partial charge in [-0.1, -0.05) is 12.7 Å². The van der Waals surface area contributed by atoms with Gasteiger partial charge in [0.2, 0.25) is 5.91 Å². The fraction of sp³-hybridized carbons (Fsp3) is 0.375. The van der Waals surface area contributed by atoms with Crippen LogP contribution in [0.1, 0.15) is 6.92 Å². The van der Waals surface area contributed by atoms with Crippen LogP contribution in [-0.2, 0) is 9.53 Å². The van der Waals surface area contributed by atoms with Gasteiger partial charge in [-0.3, -0.25) is 4.79 Å². The van der Waals surface area contributed by atoms with E-state index in [0.29, 0.717) is 0 Å². The van der Waals surface area contributed by atoms with E-state index in [9.17, 15) is 9.59 Å². The highest BCUT2D eigenvalue weighted by molar-refractivity contribution is 5.80. The molecule has 0 aliphatic heterocycles. The Kier molecular flexibility index (Phi) is 11.4. The Morgan fingerprint density at radius 1 is 1.71 bits per heavy atom. The molecule has 0 fully saturated rings. The minimum absolute atomic E-state index is 0.116. The first-order chi connectivity index (χ1) is 6.58. The molecule has 0 atom stereocenters. The number of carbonyl (C=O) groups is 2. The zero-order valence-corrected chi connectivity index (χ0v) is 7.95. The molecular formula is C8H13N3O3. The molecule has 0 heterocycles. The Morgan fingerprint density at radius 3 is 2.57 bits per heavy atom. The van der Waals surface area contributed by atoms with Gasteiger partial charge in [-0.15, -0.1) is 0 Å². The van der Waals surface area contributed by atoms with Crippen molar-refractivity contribution in [3.63, 3.8) is 0 Å². The van der Waals surface area contributed by atoms with E-state index < -0.39 is 12.0 Å². The standard InChI is InChI=1S/C6H10N2O3.C2H3N/c1-2-3-11-6(10)8-4-5(7)9;1-2-3/h2H,1,3-4H2,(H2,7,9)(H,8,10);1H3. The molecule has 0 saturated heterocycles. The van der Waals surface area contributed by atoms with Crippen LogP contribution in [0.15, 0.2) is 12.7 Å². The summed E-state index contributed by atoms with van der Waals surface area (Å²) in [6.07, 6.45) is 0.743. The molecule has 6 nitrogen and oxygen atoms in total. The molecule has 2 amide bonds. The van der Waals surface area contributed by atoms with Gasteiger partial charge in [-0.25, -0.2) is 4.79 Å². The van der Waals surface area contributed by atoms with E-state index in [1.807, 2.05) is 0 Å². The summed E-state index contributed by atoms with van der Waals surface area (Å²) in [6, 6.07) is 1.75. The molecule has 0 aliphatic carbocycles. The van der Waals surface area contributed by atoms with Crippen LogP contribution in [0.25, 0.3) is 0 Å². The van der Waals surface area contributed by atoms with Crippen molar-refractivity contribution in [2.24, 2.45) is 5.73 Å². The van der Waals surface area contributed by atoms with E-state index in [0.717, 1.165) is 0 Å². The number of carbonyl (C=O) groups excluding carboxylic acids is 2. The molecule has 0 unspecified atom stereocenters. The lowest BCUT2D eigenvalue weighted by Crippen LogP contribution is -2.33. The van der Waals surface area contributed by atoms with Crippen molar-refractivity contribution in [2.45, 2.75) is 6.92 Å². The maximum Gasteiger partial charge on any atom is 0.407 e. The third-order valence-corrected chi connectivity index (χ3v) is 0.739. The summed E-state index contributed by atoms with van der Waals surface area (Å²) >= 11 is 0. The molecule has 3 N–H and O–H groups in total. The van der Waals surface area contributed by atoms with Gasteiger partial charge in [-0.05, 0) is 0 Å². The predicted octanol–water partition coefficient (Wildman–Crippen LogP) is -0.0862. The Hall–Kier alpha value is -2.03. The molecule has 0 aromatic heterocycles. The Labute approximate surface area is 82.3 Å². The summed E-state index contributed by atoms with van der Waals surface area (Å²) in [5, 5.41) is 9.45. The second-order valence-electron chi connectivity index (χ2n) is 1.93. The van der Waals surface area contributed by atoms with Gasteiger partial charge in [0.15, 0.2) is 0 Å². The van der Waals surface area contributed by atoms with Crippen molar-refractivity contribution in [3.8, 4) is 6.07 Å². The second kappa shape index (κ2) is 11.0. The van der Waals surface area contributed by atoms with E-state index >= 15 is 0 Å². The van der Waals surface area contributed by atoms with E-state index in [1.54, 1.807) is 6.07 Å². The van der Waals surface area contributed by atoms with Crippen LogP contribution in [0, 0.1) is 11.3 Å². The Balaban J connectivity index is 0. The summed E-state index contributed by atoms with van der Waals surface area (Å²) in [5.41, 5.74) is 4.74. The first-order valence-corrected chi connectivity index (χ1v) is 3.69. The van der Waals surface area contributed by atoms with Crippen molar-refractivity contribution in [2.75, 3.05) is 13.2 Å². The summed E-state index contributed by atoms with van der Waals surface area (Å²) < 4.78 is 4.47. The monoisotopic (exact) mass is 199 g/mol. The zero-order chi connectivity index (χ0) is 11.4. The van der Waals surface area contributed by atoms with Gasteiger partial charge >= 0.3 is 6.09 Å². The maximum atomic E-state index is 10.5. The zero-order valence-electron chi connectivity index (χ0n) is 7.95. The van der Waals surface area contributed by atoms with Crippen LogP contribution in [0.3, 0.4) is 0 Å². The van der Waals surface area contributed by atoms with Gasteiger partial charge in [0, 0.05) is 6.92 Å². The summed E-state index contributed by atoms with van der Waals surface area (Å²) in [5.74, 6) is -0.611. The summed E-state index contributed by atoms with van der Waals surface area (Å²) in [6.45, 7) is 4.67. The van der Waals surface area contributed by atoms with Gasteiger partial charge in [-0.2, -0.15) is 5.26 Å². The first kappa shape index (κ1) is 14.5. The Morgan fingerprint density at radius 2 is 2.21 bits per heavy atom. The quantitative estimate of drug-likeness (QED) is 0.617. The van der Waals surface area contributed by atoms with Gasteiger partial charge in [0.25, 0.3) is 0 Å². The fourth-order valence-electron chi connectivity index (χ4n) is 0.345. The van der Waals surface area contributed by atoms with Crippen molar-refractivity contribution < 1.29 is 14.3 Å². The number of nitrogens with two attached hydrogens (primary N) is 1. The van der Waals surface area contributed by atoms with E-state index in [4.69, 9.17) is 11.0 Å². The van der Waals surface area contributed by atoms with Crippen LogP contribution < -0.4 is 11.1 Å². The number of nitrogens with one attached hydrogen (secondary N) is 1. The molecule has 0 aliphatic rings. The third kappa shape index (κ3) is 16.5. The number of rotatable bonds is 4. The normalized spacial score (nSPS) is 7.14. The van der Waals surface area contributed by atoms with Crippen LogP contribution >= 0.6 is 0 Å². The number of alkyl carbamates (subject to hydrolysis) is 1. The highest BCUT2D eigenvalue weighted by atomic mass is 16.5. The number of amides is 2. The molecule has 0 aromatic rings. The number of ether oxygens (including phenoxy) is 1. The van der Waals surface area contributed by atoms with Gasteiger partial charge in [0.1, 0.15) is 6.61 Å². The number of hydrogen-bond donors (Lipinski definition) is 2. The van der Waals surface area contributed by atoms with Crippen LogP contribution in [0.4, 0.5) is 4.79 Å². The number of nitriles is 1. The summed E-state index contributed by atoms with van der Waals surface area (Å²) in [7, 11) is 0. The Bertz CT molecular complexity index is 232. The molecule has 0 bridgehead atoms. The van der Waals surface area contributed by atoms with Crippen molar-refractivity contribution >= 4 is 12.0 Å². The molecule has 14 heavy (non-hydrogen) atoms. The third-order valence-electron chi connectivity index (χ3n) is 0.739. The minimum Gasteiger partial charge on any atom is -0.445 e. The molecule has 0 rings (SSSR count). The average Bonchev–Trinajstić information content (AvgIpc) is 2.12. The van der Waals surface area contributed by atoms with Crippen LogP contribution in [-0.4, -0.2) is 25.2 Å². The highest BCUT2D eigenvalue weighted by Gasteiger charge is 2.00. The van der Waals surface area contributed by atoms with E-state index in [2.05, 4.69) is 16.6 Å². The minimum atomic E-state index is -0.677. The second-order valence-corrected chi connectivity index (χ2v) is 1.93. The first-order valence-electron chi connectivity index (χ1n) is 3.69. The van der Waals surface area contributed by atoms with E-state index in [-0.39, 0.29) is 13.2 Å². The molecular weight excluding hydrogens is 186 g/mol. The van der Waals surface area contributed by atoms with Crippen LogP contribution in [0.5, 0.6) is 0 Å². The number of primary amides is 1. The average molecular weight is 199 g/mol. The van der Waals surface area contributed by atoms with Crippen LogP contribution in [0.2, 0.25) is 0 Å². The molecule has 0 aromatic carbocycles. The van der Waals surface area contributed by atoms with Gasteiger partial charge < -0.3 is 15.8 Å². The lowest BCUT2D eigenvalue weighted by atomic mass is 10.6. The molecule has 0 spiro atoms. The highest BCUT2D eigenvalue weighted by Crippen LogP contribution is 1.76.